The van der Waals surface area contributed by atoms with E-state index in [4.69, 9.17) is 11.6 Å². The van der Waals surface area contributed by atoms with E-state index in [1.807, 2.05) is 36.1 Å². The van der Waals surface area contributed by atoms with Crippen molar-refractivity contribution in [2.45, 2.75) is 26.4 Å². The van der Waals surface area contributed by atoms with Gasteiger partial charge in [-0.1, -0.05) is 33.6 Å². The summed E-state index contributed by atoms with van der Waals surface area (Å²) in [6.45, 7) is 4.97. The number of hydrogen-bond donors (Lipinski definition) is 1. The summed E-state index contributed by atoms with van der Waals surface area (Å²) < 4.78 is 2.88. The van der Waals surface area contributed by atoms with E-state index in [0.29, 0.717) is 0 Å². The van der Waals surface area contributed by atoms with Crippen LogP contribution >= 0.6 is 27.5 Å². The van der Waals surface area contributed by atoms with Crippen molar-refractivity contribution in [2.24, 2.45) is 7.05 Å². The summed E-state index contributed by atoms with van der Waals surface area (Å²) in [5.74, 6) is 0. The van der Waals surface area contributed by atoms with Gasteiger partial charge in [-0.05, 0) is 31.5 Å². The van der Waals surface area contributed by atoms with Gasteiger partial charge in [-0.15, -0.1) is 0 Å². The third-order valence-corrected chi connectivity index (χ3v) is 4.19. The Labute approximate surface area is 127 Å². The molecule has 0 aliphatic rings. The zero-order chi connectivity index (χ0) is 14.0. The van der Waals surface area contributed by atoms with Crippen molar-refractivity contribution in [3.63, 3.8) is 0 Å². The molecular weight excluding hydrogens is 326 g/mol. The van der Waals surface area contributed by atoms with Gasteiger partial charge in [0.15, 0.2) is 0 Å². The summed E-state index contributed by atoms with van der Waals surface area (Å²) in [6.07, 6.45) is 1.90. The lowest BCUT2D eigenvalue weighted by Gasteiger charge is -2.16. The molecule has 0 aliphatic heterocycles. The van der Waals surface area contributed by atoms with Crippen molar-refractivity contribution < 1.29 is 0 Å². The molecule has 1 aromatic carbocycles. The first-order valence-corrected chi connectivity index (χ1v) is 7.32. The highest BCUT2D eigenvalue weighted by Gasteiger charge is 2.11. The zero-order valence-corrected chi connectivity index (χ0v) is 13.6. The fourth-order valence-electron chi connectivity index (χ4n) is 1.94. The van der Waals surface area contributed by atoms with Gasteiger partial charge < -0.3 is 5.32 Å². The molecule has 0 fully saturated rings. The number of aryl methyl sites for hydroxylation is 1. The third-order valence-electron chi connectivity index (χ3n) is 3.36. The van der Waals surface area contributed by atoms with Crippen LogP contribution in [-0.2, 0) is 13.6 Å². The summed E-state index contributed by atoms with van der Waals surface area (Å²) in [5.41, 5.74) is 3.50. The van der Waals surface area contributed by atoms with Crippen LogP contribution in [-0.4, -0.2) is 9.78 Å². The van der Waals surface area contributed by atoms with E-state index in [0.717, 1.165) is 21.6 Å². The Morgan fingerprint density at radius 3 is 2.79 bits per heavy atom. The Kier molecular flexibility index (Phi) is 4.66. The van der Waals surface area contributed by atoms with E-state index < -0.39 is 0 Å². The Morgan fingerprint density at radius 1 is 1.47 bits per heavy atom. The molecule has 0 spiro atoms. The summed E-state index contributed by atoms with van der Waals surface area (Å²) in [7, 11) is 1.95. The molecule has 0 aliphatic carbocycles. The zero-order valence-electron chi connectivity index (χ0n) is 11.2. The minimum absolute atomic E-state index is 0.195. The fraction of sp³-hybridized carbons (Fsp3) is 0.357. The fourth-order valence-corrected chi connectivity index (χ4v) is 2.78. The molecule has 19 heavy (non-hydrogen) atoms. The van der Waals surface area contributed by atoms with Crippen molar-refractivity contribution in [3.05, 3.63) is 50.7 Å². The molecule has 0 amide bonds. The average Bonchev–Trinajstić information content (AvgIpc) is 2.67. The number of nitrogens with one attached hydrogen (secondary N) is 1. The second-order valence-electron chi connectivity index (χ2n) is 4.65. The van der Waals surface area contributed by atoms with Gasteiger partial charge >= 0.3 is 0 Å². The number of halogens is 2. The Hall–Kier alpha value is -0.840. The first-order chi connectivity index (χ1) is 8.99. The normalized spacial score (nSPS) is 12.7. The second kappa shape index (κ2) is 6.07. The van der Waals surface area contributed by atoms with Gasteiger partial charge in [-0.3, -0.25) is 4.68 Å². The minimum atomic E-state index is 0.195. The highest BCUT2D eigenvalue weighted by atomic mass is 79.9. The topological polar surface area (TPSA) is 29.9 Å². The molecule has 1 aromatic heterocycles. The van der Waals surface area contributed by atoms with Crippen LogP contribution in [0, 0.1) is 6.92 Å². The number of hydrogen-bond acceptors (Lipinski definition) is 2. The maximum absolute atomic E-state index is 6.26. The van der Waals surface area contributed by atoms with E-state index in [9.17, 15) is 0 Å². The lowest BCUT2D eigenvalue weighted by atomic mass is 10.1. The van der Waals surface area contributed by atoms with Crippen LogP contribution in [0.15, 0.2) is 28.9 Å². The molecule has 5 heteroatoms. The largest absolute Gasteiger partial charge is 0.306 e. The van der Waals surface area contributed by atoms with Crippen molar-refractivity contribution in [1.82, 2.24) is 15.1 Å². The predicted octanol–water partition coefficient (Wildman–Crippen LogP) is 4.00. The molecular formula is C14H17BrClN3. The van der Waals surface area contributed by atoms with E-state index in [2.05, 4.69) is 40.2 Å². The summed E-state index contributed by atoms with van der Waals surface area (Å²) in [4.78, 5) is 0. The van der Waals surface area contributed by atoms with Gasteiger partial charge in [0.05, 0.1) is 6.20 Å². The maximum Gasteiger partial charge on any atom is 0.0537 e. The van der Waals surface area contributed by atoms with E-state index in [1.54, 1.807) is 0 Å². The quantitative estimate of drug-likeness (QED) is 0.910. The van der Waals surface area contributed by atoms with E-state index in [1.165, 1.54) is 11.3 Å². The van der Waals surface area contributed by atoms with Crippen LogP contribution in [0.5, 0.6) is 0 Å². The second-order valence-corrected chi connectivity index (χ2v) is 5.97. The van der Waals surface area contributed by atoms with Gasteiger partial charge in [0, 0.05) is 40.4 Å². The Balaban J connectivity index is 2.05. The molecule has 2 aromatic rings. The number of nitrogens with zero attached hydrogens (tertiary/aromatic N) is 2. The van der Waals surface area contributed by atoms with E-state index >= 15 is 0 Å². The van der Waals surface area contributed by atoms with Gasteiger partial charge in [0.25, 0.3) is 0 Å². The van der Waals surface area contributed by atoms with Gasteiger partial charge in [0.1, 0.15) is 0 Å². The smallest absolute Gasteiger partial charge is 0.0537 e. The van der Waals surface area contributed by atoms with Crippen LogP contribution in [0.1, 0.15) is 29.8 Å². The predicted molar refractivity (Wildman–Crippen MR) is 82.4 cm³/mol. The molecule has 1 unspecified atom stereocenters. The lowest BCUT2D eigenvalue weighted by Crippen LogP contribution is -2.18. The average molecular weight is 343 g/mol. The van der Waals surface area contributed by atoms with Gasteiger partial charge in [0.2, 0.25) is 0 Å². The minimum Gasteiger partial charge on any atom is -0.306 e. The van der Waals surface area contributed by atoms with Crippen molar-refractivity contribution in [3.8, 4) is 0 Å². The number of benzene rings is 1. The maximum atomic E-state index is 6.26. The molecule has 0 bridgehead atoms. The first kappa shape index (κ1) is 14.6. The number of aromatic nitrogens is 2. The first-order valence-electron chi connectivity index (χ1n) is 6.15. The van der Waals surface area contributed by atoms with E-state index in [-0.39, 0.29) is 6.04 Å². The monoisotopic (exact) mass is 341 g/mol. The standard InChI is InChI=1S/C14H17BrClN3/c1-9(13-5-4-12(15)6-14(13)16)17-7-11-8-18-19(3)10(11)2/h4-6,8-9,17H,7H2,1-3H3. The highest BCUT2D eigenvalue weighted by molar-refractivity contribution is 9.10. The molecule has 0 saturated carbocycles. The van der Waals surface area contributed by atoms with Crippen molar-refractivity contribution >= 4 is 27.5 Å². The Morgan fingerprint density at radius 2 is 2.21 bits per heavy atom. The molecule has 3 nitrogen and oxygen atoms in total. The van der Waals surface area contributed by atoms with Crippen LogP contribution in [0.3, 0.4) is 0 Å². The molecule has 0 radical (unpaired) electrons. The summed E-state index contributed by atoms with van der Waals surface area (Å²) in [6, 6.07) is 6.17. The lowest BCUT2D eigenvalue weighted by molar-refractivity contribution is 0.572. The molecule has 0 saturated heterocycles. The summed E-state index contributed by atoms with van der Waals surface area (Å²) >= 11 is 9.67. The number of rotatable bonds is 4. The summed E-state index contributed by atoms with van der Waals surface area (Å²) in [5, 5.41) is 8.49. The molecule has 2 rings (SSSR count). The third kappa shape index (κ3) is 3.38. The highest BCUT2D eigenvalue weighted by Crippen LogP contribution is 2.26. The Bertz CT molecular complexity index is 580. The molecule has 1 heterocycles. The van der Waals surface area contributed by atoms with Gasteiger partial charge in [-0.2, -0.15) is 5.10 Å². The van der Waals surface area contributed by atoms with Crippen LogP contribution < -0.4 is 5.32 Å². The molecule has 1 N–H and O–H groups in total. The van der Waals surface area contributed by atoms with Crippen LogP contribution in [0.2, 0.25) is 5.02 Å². The van der Waals surface area contributed by atoms with Crippen molar-refractivity contribution in [1.29, 1.82) is 0 Å². The van der Waals surface area contributed by atoms with Crippen LogP contribution in [0.4, 0.5) is 0 Å². The van der Waals surface area contributed by atoms with Crippen molar-refractivity contribution in [2.75, 3.05) is 0 Å². The molecule has 1 atom stereocenters. The molecule has 102 valence electrons. The SMILES string of the molecule is Cc1c(CNC(C)c2ccc(Br)cc2Cl)cnn1C. The van der Waals surface area contributed by atoms with Crippen LogP contribution in [0.25, 0.3) is 0 Å². The van der Waals surface area contributed by atoms with Gasteiger partial charge in [-0.25, -0.2) is 0 Å².